The van der Waals surface area contributed by atoms with Gasteiger partial charge in [-0.25, -0.2) is 0 Å². The molecule has 3 aromatic carbocycles. The quantitative estimate of drug-likeness (QED) is 0.450. The lowest BCUT2D eigenvalue weighted by Crippen LogP contribution is -2.12. The molecule has 2 aliphatic heterocycles. The first-order chi connectivity index (χ1) is 16.0. The lowest BCUT2D eigenvalue weighted by molar-refractivity contribution is -0.0165. The van der Waals surface area contributed by atoms with Crippen LogP contribution in [0.1, 0.15) is 32.6 Å². The number of rotatable bonds is 5. The maximum Gasteiger partial charge on any atom is 0.231 e. The number of allylic oxidation sites excluding steroid dienone is 1. The van der Waals surface area contributed by atoms with Crippen molar-refractivity contribution in [3.05, 3.63) is 87.1 Å². The molecule has 0 spiro atoms. The fourth-order valence-corrected chi connectivity index (χ4v) is 4.15. The highest BCUT2D eigenvalue weighted by molar-refractivity contribution is 6.31. The van der Waals surface area contributed by atoms with E-state index in [1.165, 1.54) is 0 Å². The van der Waals surface area contributed by atoms with E-state index in [1.54, 1.807) is 37.5 Å². The Bertz CT molecular complexity index is 1280. The summed E-state index contributed by atoms with van der Waals surface area (Å²) in [6.07, 6.45) is 1.66. The van der Waals surface area contributed by atoms with E-state index in [0.717, 1.165) is 22.4 Å². The van der Waals surface area contributed by atoms with Crippen LogP contribution in [-0.2, 0) is 18.0 Å². The predicted molar refractivity (Wildman–Crippen MR) is 123 cm³/mol. The zero-order chi connectivity index (χ0) is 22.9. The van der Waals surface area contributed by atoms with Crippen molar-refractivity contribution < 1.29 is 28.5 Å². The number of benzene rings is 3. The van der Waals surface area contributed by atoms with Gasteiger partial charge in [0, 0.05) is 21.7 Å². The lowest BCUT2D eigenvalue weighted by Gasteiger charge is -2.20. The van der Waals surface area contributed by atoms with Gasteiger partial charge in [-0.15, -0.1) is 0 Å². The molecule has 0 N–H and O–H groups in total. The van der Waals surface area contributed by atoms with Crippen molar-refractivity contribution in [1.82, 2.24) is 0 Å². The molecule has 0 radical (unpaired) electrons. The minimum absolute atomic E-state index is 0.146. The van der Waals surface area contributed by atoms with E-state index < -0.39 is 0 Å². The number of Topliss-reactive ketones (excluding diaryl/α,β-unsaturated/α-hetero) is 1. The molecule has 3 aromatic rings. The fourth-order valence-electron chi connectivity index (χ4n) is 3.90. The number of methoxy groups -OCH3 is 1. The average molecular weight is 465 g/mol. The van der Waals surface area contributed by atoms with Gasteiger partial charge in [-0.2, -0.15) is 0 Å². The van der Waals surface area contributed by atoms with E-state index >= 15 is 0 Å². The minimum Gasteiger partial charge on any atom is -0.497 e. The Labute approximate surface area is 196 Å². The summed E-state index contributed by atoms with van der Waals surface area (Å²) in [5.74, 6) is 2.56. The smallest absolute Gasteiger partial charge is 0.231 e. The van der Waals surface area contributed by atoms with Crippen molar-refractivity contribution in [2.45, 2.75) is 20.1 Å². The highest BCUT2D eigenvalue weighted by atomic mass is 35.5. The van der Waals surface area contributed by atoms with Gasteiger partial charge in [0.25, 0.3) is 0 Å². The first kappa shape index (κ1) is 21.4. The average Bonchev–Trinajstić information content (AvgIpc) is 3.14. The molecule has 2 aliphatic rings. The van der Waals surface area contributed by atoms with Crippen molar-refractivity contribution in [2.75, 3.05) is 13.9 Å². The molecule has 0 bridgehead atoms. The summed E-state index contributed by atoms with van der Waals surface area (Å²) < 4.78 is 28.2. The summed E-state index contributed by atoms with van der Waals surface area (Å²) in [5.41, 5.74) is 3.72. The third-order valence-electron chi connectivity index (χ3n) is 5.56. The normalized spacial score (nSPS) is 15.5. The highest BCUT2D eigenvalue weighted by Crippen LogP contribution is 2.41. The second-order valence-corrected chi connectivity index (χ2v) is 8.18. The van der Waals surface area contributed by atoms with Gasteiger partial charge in [0.1, 0.15) is 29.6 Å². The Morgan fingerprint density at radius 3 is 2.85 bits per heavy atom. The summed E-state index contributed by atoms with van der Waals surface area (Å²) in [4.78, 5) is 13.0. The predicted octanol–water partition coefficient (Wildman–Crippen LogP) is 5.72. The van der Waals surface area contributed by atoms with Crippen molar-refractivity contribution >= 4 is 23.5 Å². The summed E-state index contributed by atoms with van der Waals surface area (Å²) in [6.45, 7) is 2.78. The Kier molecular flexibility index (Phi) is 5.70. The van der Waals surface area contributed by atoms with E-state index in [0.29, 0.717) is 46.6 Å². The summed E-state index contributed by atoms with van der Waals surface area (Å²) in [5, 5.41) is 0.530. The number of ether oxygens (including phenoxy) is 5. The molecular weight excluding hydrogens is 444 g/mol. The van der Waals surface area contributed by atoms with Gasteiger partial charge in [0.15, 0.2) is 12.6 Å². The van der Waals surface area contributed by atoms with Crippen LogP contribution in [-0.4, -0.2) is 19.7 Å². The van der Waals surface area contributed by atoms with E-state index in [1.807, 2.05) is 31.2 Å². The van der Waals surface area contributed by atoms with Crippen LogP contribution in [0, 0.1) is 6.92 Å². The third-order valence-corrected chi connectivity index (χ3v) is 5.77. The van der Waals surface area contributed by atoms with Crippen molar-refractivity contribution in [3.8, 4) is 23.0 Å². The lowest BCUT2D eigenvalue weighted by atomic mass is 10.0. The molecule has 5 rings (SSSR count). The van der Waals surface area contributed by atoms with Gasteiger partial charge in [-0.1, -0.05) is 23.7 Å². The number of carbonyl (C=O) groups is 1. The van der Waals surface area contributed by atoms with Gasteiger partial charge in [-0.05, 0) is 55.0 Å². The zero-order valence-electron chi connectivity index (χ0n) is 18.1. The molecule has 0 saturated carbocycles. The van der Waals surface area contributed by atoms with Crippen LogP contribution in [0.3, 0.4) is 0 Å². The van der Waals surface area contributed by atoms with Crippen LogP contribution >= 0.6 is 11.6 Å². The molecule has 0 amide bonds. The van der Waals surface area contributed by atoms with Crippen LogP contribution in [0.2, 0.25) is 5.02 Å². The number of hydrogen-bond donors (Lipinski definition) is 0. The molecule has 0 saturated heterocycles. The van der Waals surface area contributed by atoms with Crippen LogP contribution in [0.4, 0.5) is 0 Å². The molecule has 168 valence electrons. The Morgan fingerprint density at radius 1 is 1.12 bits per heavy atom. The van der Waals surface area contributed by atoms with Gasteiger partial charge < -0.3 is 23.7 Å². The van der Waals surface area contributed by atoms with E-state index in [9.17, 15) is 4.79 Å². The third kappa shape index (κ3) is 4.15. The van der Waals surface area contributed by atoms with Crippen LogP contribution < -0.4 is 18.9 Å². The first-order valence-corrected chi connectivity index (χ1v) is 10.8. The number of halogens is 1. The summed E-state index contributed by atoms with van der Waals surface area (Å²) >= 11 is 6.25. The van der Waals surface area contributed by atoms with Gasteiger partial charge in [0.2, 0.25) is 5.78 Å². The molecular formula is C26H21ClO6. The number of fused-ring (bicyclic) bond motifs is 2. The topological polar surface area (TPSA) is 63.2 Å². The molecule has 7 heteroatoms. The molecule has 2 heterocycles. The SMILES string of the molecule is COc1cccc(COc2ccc3c(c2C)O/C(=C\c2cc(Cl)cc4c2OCOC4)C3=O)c1. The van der Waals surface area contributed by atoms with Gasteiger partial charge >= 0.3 is 0 Å². The largest absolute Gasteiger partial charge is 0.497 e. The van der Waals surface area contributed by atoms with E-state index in [4.69, 9.17) is 35.3 Å². The summed E-state index contributed by atoms with van der Waals surface area (Å²) in [6, 6.07) is 14.7. The molecule has 6 nitrogen and oxygen atoms in total. The van der Waals surface area contributed by atoms with Crippen LogP contribution in [0.5, 0.6) is 23.0 Å². The first-order valence-electron chi connectivity index (χ1n) is 10.4. The maximum absolute atomic E-state index is 13.0. The standard InChI is InChI=1S/C26H21ClO6/c1-15-22(31-12-16-4-3-5-20(8-16)29-2)7-6-21-24(28)23(33-25(15)21)11-17-9-19(27)10-18-13-30-14-32-26(17)18/h3-11H,12-14H2,1-2H3/b23-11-. The van der Waals surface area contributed by atoms with Crippen LogP contribution in [0.25, 0.3) is 6.08 Å². The number of ketones is 1. The number of carbonyl (C=O) groups excluding carboxylic acids is 1. The Hall–Kier alpha value is -3.48. The van der Waals surface area contributed by atoms with Crippen LogP contribution in [0.15, 0.2) is 54.3 Å². The maximum atomic E-state index is 13.0. The fraction of sp³-hybridized carbons (Fsp3) is 0.192. The van der Waals surface area contributed by atoms with E-state index in [-0.39, 0.29) is 18.3 Å². The molecule has 0 aromatic heterocycles. The molecule has 33 heavy (non-hydrogen) atoms. The van der Waals surface area contributed by atoms with Crippen molar-refractivity contribution in [1.29, 1.82) is 0 Å². The van der Waals surface area contributed by atoms with Gasteiger partial charge in [0.05, 0.1) is 19.3 Å². The number of hydrogen-bond acceptors (Lipinski definition) is 6. The second kappa shape index (κ2) is 8.81. The highest BCUT2D eigenvalue weighted by Gasteiger charge is 2.31. The molecule has 0 fully saturated rings. The Balaban J connectivity index is 1.41. The zero-order valence-corrected chi connectivity index (χ0v) is 18.9. The van der Waals surface area contributed by atoms with Crippen molar-refractivity contribution in [2.24, 2.45) is 0 Å². The molecule has 0 atom stereocenters. The molecule has 0 aliphatic carbocycles. The second-order valence-electron chi connectivity index (χ2n) is 7.74. The minimum atomic E-state index is -0.201. The monoisotopic (exact) mass is 464 g/mol. The summed E-state index contributed by atoms with van der Waals surface area (Å²) in [7, 11) is 1.63. The van der Waals surface area contributed by atoms with Crippen molar-refractivity contribution in [3.63, 3.8) is 0 Å². The van der Waals surface area contributed by atoms with Gasteiger partial charge in [-0.3, -0.25) is 4.79 Å². The van der Waals surface area contributed by atoms with E-state index in [2.05, 4.69) is 0 Å². The molecule has 0 unspecified atom stereocenters. The Morgan fingerprint density at radius 2 is 2.00 bits per heavy atom.